The van der Waals surface area contributed by atoms with Crippen molar-refractivity contribution in [3.8, 4) is 0 Å². The second-order valence-electron chi connectivity index (χ2n) is 7.97. The smallest absolute Gasteiger partial charge is 0.317 e. The van der Waals surface area contributed by atoms with E-state index in [0.717, 1.165) is 42.0 Å². The van der Waals surface area contributed by atoms with Gasteiger partial charge in [-0.3, -0.25) is 0 Å². The number of anilines is 1. The monoisotopic (exact) mass is 389 g/mol. The molecule has 27 heavy (non-hydrogen) atoms. The van der Waals surface area contributed by atoms with Crippen molar-refractivity contribution in [3.63, 3.8) is 0 Å². The van der Waals surface area contributed by atoms with E-state index in [2.05, 4.69) is 47.0 Å². The molecule has 2 amide bonds. The molecule has 2 aromatic rings. The molecule has 2 aliphatic rings. The van der Waals surface area contributed by atoms with Crippen molar-refractivity contribution in [3.05, 3.63) is 17.3 Å². The van der Waals surface area contributed by atoms with E-state index in [0.29, 0.717) is 19.6 Å². The van der Waals surface area contributed by atoms with Crippen LogP contribution in [0.15, 0.2) is 12.4 Å². The molecule has 1 atom stereocenters. The molecule has 1 N–H and O–H groups in total. The molecular formula is C19H27N5O2S. The number of nitrogens with one attached hydrogen (secondary N) is 1. The van der Waals surface area contributed by atoms with Gasteiger partial charge < -0.3 is 19.9 Å². The molecule has 0 aromatic carbocycles. The molecule has 2 aliphatic heterocycles. The topological polar surface area (TPSA) is 70.6 Å². The van der Waals surface area contributed by atoms with Gasteiger partial charge in [-0.2, -0.15) is 0 Å². The molecule has 0 radical (unpaired) electrons. The van der Waals surface area contributed by atoms with Crippen molar-refractivity contribution in [1.82, 2.24) is 20.2 Å². The van der Waals surface area contributed by atoms with Crippen LogP contribution in [0.2, 0.25) is 0 Å². The lowest BCUT2D eigenvalue weighted by Gasteiger charge is -2.35. The highest BCUT2D eigenvalue weighted by Crippen LogP contribution is 2.30. The van der Waals surface area contributed by atoms with Crippen LogP contribution < -0.4 is 10.2 Å². The van der Waals surface area contributed by atoms with Crippen LogP contribution in [-0.2, 0) is 4.74 Å². The average Bonchev–Trinajstić information content (AvgIpc) is 3.20. The normalized spacial score (nSPS) is 22.4. The van der Waals surface area contributed by atoms with Crippen LogP contribution in [0, 0.1) is 6.92 Å². The van der Waals surface area contributed by atoms with Crippen molar-refractivity contribution in [1.29, 1.82) is 0 Å². The van der Waals surface area contributed by atoms with Gasteiger partial charge in [-0.15, -0.1) is 11.3 Å². The van der Waals surface area contributed by atoms with E-state index in [1.54, 1.807) is 17.7 Å². The zero-order chi connectivity index (χ0) is 19.0. The fraction of sp³-hybridized carbons (Fsp3) is 0.632. The van der Waals surface area contributed by atoms with Gasteiger partial charge in [0.2, 0.25) is 0 Å². The number of piperazine rings is 1. The molecule has 4 heterocycles. The first-order valence-corrected chi connectivity index (χ1v) is 10.4. The number of carbonyl (C=O) groups is 1. The number of thiophene rings is 1. The van der Waals surface area contributed by atoms with Crippen LogP contribution >= 0.6 is 11.3 Å². The average molecular weight is 390 g/mol. The second kappa shape index (κ2) is 7.24. The maximum absolute atomic E-state index is 12.5. The van der Waals surface area contributed by atoms with Gasteiger partial charge in [0.15, 0.2) is 0 Å². The molecule has 2 aromatic heterocycles. The minimum Gasteiger partial charge on any atom is -0.371 e. The summed E-state index contributed by atoms with van der Waals surface area (Å²) in [4.78, 5) is 27.8. The van der Waals surface area contributed by atoms with Gasteiger partial charge in [0, 0.05) is 37.6 Å². The number of aromatic nitrogens is 2. The maximum Gasteiger partial charge on any atom is 0.317 e. The van der Waals surface area contributed by atoms with Crippen molar-refractivity contribution < 1.29 is 9.53 Å². The first-order valence-electron chi connectivity index (χ1n) is 9.58. The van der Waals surface area contributed by atoms with Crippen molar-refractivity contribution >= 4 is 33.4 Å². The third kappa shape index (κ3) is 4.01. The van der Waals surface area contributed by atoms with Gasteiger partial charge in [0.25, 0.3) is 0 Å². The Morgan fingerprint density at radius 1 is 1.33 bits per heavy atom. The SMILES string of the molecule is Cc1cc2c(N3CCN(C(=O)NCC4CCC(C)(C)O4)CC3)ncnc2s1. The van der Waals surface area contributed by atoms with Crippen LogP contribution in [0.1, 0.15) is 31.6 Å². The molecule has 8 heteroatoms. The summed E-state index contributed by atoms with van der Waals surface area (Å²) in [6.45, 7) is 9.83. The molecule has 2 saturated heterocycles. The van der Waals surface area contributed by atoms with Gasteiger partial charge in [-0.25, -0.2) is 14.8 Å². The fourth-order valence-corrected chi connectivity index (χ4v) is 4.71. The number of ether oxygens (including phenoxy) is 1. The predicted octanol–water partition coefficient (Wildman–Crippen LogP) is 2.79. The van der Waals surface area contributed by atoms with Crippen LogP contribution in [0.25, 0.3) is 10.2 Å². The van der Waals surface area contributed by atoms with E-state index in [-0.39, 0.29) is 17.7 Å². The number of amides is 2. The summed E-state index contributed by atoms with van der Waals surface area (Å²) in [5, 5.41) is 4.15. The van der Waals surface area contributed by atoms with Gasteiger partial charge >= 0.3 is 6.03 Å². The molecule has 1 unspecified atom stereocenters. The van der Waals surface area contributed by atoms with E-state index in [4.69, 9.17) is 4.74 Å². The number of carbonyl (C=O) groups excluding carboxylic acids is 1. The zero-order valence-electron chi connectivity index (χ0n) is 16.2. The first kappa shape index (κ1) is 18.4. The van der Waals surface area contributed by atoms with Crippen LogP contribution in [0.4, 0.5) is 10.6 Å². The number of hydrogen-bond donors (Lipinski definition) is 1. The summed E-state index contributed by atoms with van der Waals surface area (Å²) in [6.07, 6.45) is 3.81. The number of fused-ring (bicyclic) bond motifs is 1. The largest absolute Gasteiger partial charge is 0.371 e. The molecule has 2 fully saturated rings. The predicted molar refractivity (Wildman–Crippen MR) is 108 cm³/mol. The highest BCUT2D eigenvalue weighted by molar-refractivity contribution is 7.18. The highest BCUT2D eigenvalue weighted by Gasteiger charge is 2.32. The number of urea groups is 1. The summed E-state index contributed by atoms with van der Waals surface area (Å²) < 4.78 is 5.95. The van der Waals surface area contributed by atoms with Gasteiger partial charge in [0.05, 0.1) is 17.1 Å². The zero-order valence-corrected chi connectivity index (χ0v) is 17.0. The molecule has 146 valence electrons. The Morgan fingerprint density at radius 2 is 2.11 bits per heavy atom. The van der Waals surface area contributed by atoms with E-state index >= 15 is 0 Å². The van der Waals surface area contributed by atoms with E-state index < -0.39 is 0 Å². The standard InChI is InChI=1S/C19H27N5O2S/c1-13-10-15-16(21-12-22-17(15)27-13)23-6-8-24(9-7-23)18(25)20-11-14-4-5-19(2,3)26-14/h10,12,14H,4-9,11H2,1-3H3,(H,20,25). The number of hydrogen-bond acceptors (Lipinski definition) is 6. The van der Waals surface area contributed by atoms with E-state index in [1.807, 2.05) is 4.90 Å². The van der Waals surface area contributed by atoms with Crippen LogP contribution in [0.3, 0.4) is 0 Å². The molecule has 0 saturated carbocycles. The second-order valence-corrected chi connectivity index (χ2v) is 9.21. The van der Waals surface area contributed by atoms with Crippen molar-refractivity contribution in [2.24, 2.45) is 0 Å². The summed E-state index contributed by atoms with van der Waals surface area (Å²) in [5.74, 6) is 0.978. The van der Waals surface area contributed by atoms with Gasteiger partial charge in [-0.1, -0.05) is 0 Å². The summed E-state index contributed by atoms with van der Waals surface area (Å²) in [7, 11) is 0. The summed E-state index contributed by atoms with van der Waals surface area (Å²) >= 11 is 1.69. The van der Waals surface area contributed by atoms with Gasteiger partial charge in [-0.05, 0) is 39.7 Å². The maximum atomic E-state index is 12.5. The third-order valence-corrected chi connectivity index (χ3v) is 6.29. The lowest BCUT2D eigenvalue weighted by atomic mass is 10.1. The number of nitrogens with zero attached hydrogens (tertiary/aromatic N) is 4. The Labute approximate surface area is 163 Å². The third-order valence-electron chi connectivity index (χ3n) is 5.33. The lowest BCUT2D eigenvalue weighted by Crippen LogP contribution is -2.53. The van der Waals surface area contributed by atoms with Crippen LogP contribution in [-0.4, -0.2) is 65.3 Å². The Bertz CT molecular complexity index is 829. The lowest BCUT2D eigenvalue weighted by molar-refractivity contribution is -0.0135. The quantitative estimate of drug-likeness (QED) is 0.874. The number of rotatable bonds is 3. The van der Waals surface area contributed by atoms with Gasteiger partial charge in [0.1, 0.15) is 17.0 Å². The molecule has 0 bridgehead atoms. The minimum absolute atomic E-state index is 0.00201. The Hall–Kier alpha value is -1.93. The first-order chi connectivity index (χ1) is 12.9. The van der Waals surface area contributed by atoms with Crippen molar-refractivity contribution in [2.45, 2.75) is 45.3 Å². The molecule has 0 spiro atoms. The summed E-state index contributed by atoms with van der Waals surface area (Å²) in [6, 6.07) is 2.15. The van der Waals surface area contributed by atoms with Crippen molar-refractivity contribution in [2.75, 3.05) is 37.6 Å². The van der Waals surface area contributed by atoms with E-state index in [9.17, 15) is 4.79 Å². The summed E-state index contributed by atoms with van der Waals surface area (Å²) in [5.41, 5.74) is -0.0656. The Balaban J connectivity index is 1.31. The molecular weight excluding hydrogens is 362 g/mol. The number of aryl methyl sites for hydroxylation is 1. The Kier molecular flexibility index (Phi) is 4.94. The highest BCUT2D eigenvalue weighted by atomic mass is 32.1. The molecule has 4 rings (SSSR count). The van der Waals surface area contributed by atoms with E-state index in [1.165, 1.54) is 4.88 Å². The minimum atomic E-state index is -0.0656. The van der Waals surface area contributed by atoms with Crippen LogP contribution in [0.5, 0.6) is 0 Å². The fourth-order valence-electron chi connectivity index (χ4n) is 3.87. The Morgan fingerprint density at radius 3 is 2.81 bits per heavy atom. The molecule has 0 aliphatic carbocycles. The molecule has 7 nitrogen and oxygen atoms in total.